The molecule has 5 heteroatoms. The van der Waals surface area contributed by atoms with Crippen LogP contribution in [0.25, 0.3) is 0 Å². The van der Waals surface area contributed by atoms with E-state index in [4.69, 9.17) is 21.4 Å². The minimum Gasteiger partial charge on any atom is -0.495 e. The first-order valence-corrected chi connectivity index (χ1v) is 6.26. The number of carboxylic acid groups (broad SMARTS) is 1. The van der Waals surface area contributed by atoms with Crippen molar-refractivity contribution in [3.63, 3.8) is 0 Å². The Morgan fingerprint density at radius 1 is 1.50 bits per heavy atom. The summed E-state index contributed by atoms with van der Waals surface area (Å²) in [4.78, 5) is 12.6. The van der Waals surface area contributed by atoms with E-state index in [0.717, 1.165) is 18.0 Å². The third-order valence-corrected chi connectivity index (χ3v) is 2.92. The summed E-state index contributed by atoms with van der Waals surface area (Å²) in [7, 11) is 1.61. The number of hydrogen-bond acceptors (Lipinski definition) is 3. The van der Waals surface area contributed by atoms with Gasteiger partial charge in [0.15, 0.2) is 0 Å². The van der Waals surface area contributed by atoms with Gasteiger partial charge in [-0.05, 0) is 31.5 Å². The molecule has 0 heterocycles. The van der Waals surface area contributed by atoms with Crippen molar-refractivity contribution in [2.75, 3.05) is 25.1 Å². The lowest BCUT2D eigenvalue weighted by Crippen LogP contribution is -2.25. The minimum atomic E-state index is -0.774. The number of rotatable bonds is 7. The highest BCUT2D eigenvalue weighted by Gasteiger charge is 2.11. The molecule has 0 aromatic heterocycles. The van der Waals surface area contributed by atoms with Crippen molar-refractivity contribution in [2.45, 2.75) is 19.8 Å². The highest BCUT2D eigenvalue weighted by molar-refractivity contribution is 6.30. The fourth-order valence-electron chi connectivity index (χ4n) is 1.78. The van der Waals surface area contributed by atoms with Crippen molar-refractivity contribution in [3.8, 4) is 5.75 Å². The van der Waals surface area contributed by atoms with Crippen LogP contribution in [-0.2, 0) is 4.79 Å². The van der Waals surface area contributed by atoms with Gasteiger partial charge in [-0.25, -0.2) is 0 Å². The number of carboxylic acids is 1. The summed E-state index contributed by atoms with van der Waals surface area (Å²) in [5.74, 6) is -0.0271. The van der Waals surface area contributed by atoms with E-state index in [1.807, 2.05) is 19.1 Å². The number of aliphatic carboxylic acids is 1. The van der Waals surface area contributed by atoms with Gasteiger partial charge < -0.3 is 14.7 Å². The molecule has 0 aliphatic heterocycles. The molecule has 0 bridgehead atoms. The van der Waals surface area contributed by atoms with E-state index in [1.54, 1.807) is 13.2 Å². The molecule has 0 unspecified atom stereocenters. The zero-order valence-electron chi connectivity index (χ0n) is 10.6. The van der Waals surface area contributed by atoms with Crippen LogP contribution in [0.3, 0.4) is 0 Å². The maximum atomic E-state index is 10.5. The van der Waals surface area contributed by atoms with Gasteiger partial charge in [-0.1, -0.05) is 11.6 Å². The molecule has 1 N–H and O–H groups in total. The van der Waals surface area contributed by atoms with Crippen LogP contribution >= 0.6 is 11.6 Å². The number of benzene rings is 1. The third kappa shape index (κ3) is 4.11. The Bertz CT molecular complexity index is 409. The van der Waals surface area contributed by atoms with E-state index in [1.165, 1.54) is 0 Å². The lowest BCUT2D eigenvalue weighted by molar-refractivity contribution is -0.137. The Morgan fingerprint density at radius 3 is 2.78 bits per heavy atom. The summed E-state index contributed by atoms with van der Waals surface area (Å²) < 4.78 is 5.29. The SMILES string of the molecule is CCN(CCCC(=O)O)c1cc(Cl)ccc1OC. The van der Waals surface area contributed by atoms with E-state index in [0.29, 0.717) is 18.0 Å². The maximum absolute atomic E-state index is 10.5. The molecule has 1 rings (SSSR count). The van der Waals surface area contributed by atoms with Gasteiger partial charge >= 0.3 is 5.97 Å². The van der Waals surface area contributed by atoms with E-state index >= 15 is 0 Å². The van der Waals surface area contributed by atoms with E-state index in [9.17, 15) is 4.79 Å². The van der Waals surface area contributed by atoms with Crippen molar-refractivity contribution in [1.29, 1.82) is 0 Å². The predicted octanol–water partition coefficient (Wildman–Crippen LogP) is 3.04. The van der Waals surface area contributed by atoms with Crippen LogP contribution in [-0.4, -0.2) is 31.3 Å². The monoisotopic (exact) mass is 271 g/mol. The first-order valence-electron chi connectivity index (χ1n) is 5.88. The number of nitrogens with zero attached hydrogens (tertiary/aromatic N) is 1. The first kappa shape index (κ1) is 14.6. The molecule has 0 atom stereocenters. The van der Waals surface area contributed by atoms with Crippen LogP contribution in [0.2, 0.25) is 5.02 Å². The van der Waals surface area contributed by atoms with Crippen LogP contribution in [0.5, 0.6) is 5.75 Å². The molecule has 0 saturated carbocycles. The Kier molecular flexibility index (Phi) is 5.78. The highest BCUT2D eigenvalue weighted by Crippen LogP contribution is 2.31. The number of anilines is 1. The summed E-state index contributed by atoms with van der Waals surface area (Å²) in [6, 6.07) is 5.43. The van der Waals surface area contributed by atoms with Crippen molar-refractivity contribution < 1.29 is 14.6 Å². The second kappa shape index (κ2) is 7.11. The molecule has 100 valence electrons. The maximum Gasteiger partial charge on any atom is 0.303 e. The Morgan fingerprint density at radius 2 is 2.22 bits per heavy atom. The summed E-state index contributed by atoms with van der Waals surface area (Å²) in [6.07, 6.45) is 0.762. The molecular weight excluding hydrogens is 254 g/mol. The van der Waals surface area contributed by atoms with Crippen LogP contribution in [0.15, 0.2) is 18.2 Å². The molecular formula is C13H18ClNO3. The van der Waals surface area contributed by atoms with Crippen LogP contribution in [0, 0.1) is 0 Å². The number of carbonyl (C=O) groups is 1. The molecule has 0 fully saturated rings. The number of methoxy groups -OCH3 is 1. The molecule has 0 amide bonds. The van der Waals surface area contributed by atoms with Crippen LogP contribution in [0.4, 0.5) is 5.69 Å². The second-order valence-electron chi connectivity index (χ2n) is 3.89. The standard InChI is InChI=1S/C13H18ClNO3/c1-3-15(8-4-5-13(16)17)11-9-10(14)6-7-12(11)18-2/h6-7,9H,3-5,8H2,1-2H3,(H,16,17). The van der Waals surface area contributed by atoms with Crippen molar-refractivity contribution in [2.24, 2.45) is 0 Å². The summed E-state index contributed by atoms with van der Waals surface area (Å²) in [6.45, 7) is 3.46. The van der Waals surface area contributed by atoms with Gasteiger partial charge in [-0.3, -0.25) is 4.79 Å². The largest absolute Gasteiger partial charge is 0.495 e. The molecule has 1 aromatic carbocycles. The fourth-order valence-corrected chi connectivity index (χ4v) is 1.95. The Hall–Kier alpha value is -1.42. The Balaban J connectivity index is 2.80. The van der Waals surface area contributed by atoms with Gasteiger partial charge in [0.25, 0.3) is 0 Å². The fraction of sp³-hybridized carbons (Fsp3) is 0.462. The van der Waals surface area contributed by atoms with Crippen molar-refractivity contribution in [3.05, 3.63) is 23.2 Å². The predicted molar refractivity (Wildman–Crippen MR) is 72.8 cm³/mol. The lowest BCUT2D eigenvalue weighted by atomic mass is 10.2. The number of halogens is 1. The normalized spacial score (nSPS) is 10.2. The molecule has 1 aromatic rings. The molecule has 4 nitrogen and oxygen atoms in total. The van der Waals surface area contributed by atoms with Gasteiger partial charge in [0.1, 0.15) is 5.75 Å². The van der Waals surface area contributed by atoms with Crippen molar-refractivity contribution >= 4 is 23.3 Å². The third-order valence-electron chi connectivity index (χ3n) is 2.68. The van der Waals surface area contributed by atoms with Crippen LogP contribution < -0.4 is 9.64 Å². The van der Waals surface area contributed by atoms with Gasteiger partial charge in [0.2, 0.25) is 0 Å². The molecule has 0 aliphatic carbocycles. The Labute approximate surface area is 112 Å². The zero-order chi connectivity index (χ0) is 13.5. The van der Waals surface area contributed by atoms with E-state index < -0.39 is 5.97 Å². The summed E-state index contributed by atoms with van der Waals surface area (Å²) >= 11 is 5.98. The minimum absolute atomic E-state index is 0.166. The molecule has 0 saturated heterocycles. The van der Waals surface area contributed by atoms with Gasteiger partial charge in [-0.15, -0.1) is 0 Å². The molecule has 18 heavy (non-hydrogen) atoms. The zero-order valence-corrected chi connectivity index (χ0v) is 11.4. The second-order valence-corrected chi connectivity index (χ2v) is 4.33. The quantitative estimate of drug-likeness (QED) is 0.828. The number of hydrogen-bond donors (Lipinski definition) is 1. The lowest BCUT2D eigenvalue weighted by Gasteiger charge is -2.25. The number of ether oxygens (including phenoxy) is 1. The molecule has 0 radical (unpaired) electrons. The van der Waals surface area contributed by atoms with Crippen LogP contribution in [0.1, 0.15) is 19.8 Å². The highest BCUT2D eigenvalue weighted by atomic mass is 35.5. The van der Waals surface area contributed by atoms with Gasteiger partial charge in [0, 0.05) is 24.5 Å². The molecule has 0 aliphatic rings. The first-order chi connectivity index (χ1) is 8.58. The molecule has 0 spiro atoms. The van der Waals surface area contributed by atoms with E-state index in [2.05, 4.69) is 4.90 Å². The van der Waals surface area contributed by atoms with Gasteiger partial charge in [-0.2, -0.15) is 0 Å². The summed E-state index contributed by atoms with van der Waals surface area (Å²) in [5.41, 5.74) is 0.901. The average Bonchev–Trinajstić information content (AvgIpc) is 2.34. The van der Waals surface area contributed by atoms with Crippen molar-refractivity contribution in [1.82, 2.24) is 0 Å². The summed E-state index contributed by atoms with van der Waals surface area (Å²) in [5, 5.41) is 9.29. The smallest absolute Gasteiger partial charge is 0.303 e. The average molecular weight is 272 g/mol. The van der Waals surface area contributed by atoms with E-state index in [-0.39, 0.29) is 6.42 Å². The topological polar surface area (TPSA) is 49.8 Å². The van der Waals surface area contributed by atoms with Gasteiger partial charge in [0.05, 0.1) is 12.8 Å².